The molecule has 3 aromatic carbocycles. The van der Waals surface area contributed by atoms with Gasteiger partial charge in [0.25, 0.3) is 5.91 Å². The number of para-hydroxylation sites is 1. The van der Waals surface area contributed by atoms with Crippen molar-refractivity contribution in [3.63, 3.8) is 0 Å². The molecule has 1 fully saturated rings. The van der Waals surface area contributed by atoms with Gasteiger partial charge >= 0.3 is 6.03 Å². The first-order valence-electron chi connectivity index (χ1n) is 11.9. The number of aromatic nitrogens is 2. The van der Waals surface area contributed by atoms with Gasteiger partial charge in [-0.15, -0.1) is 0 Å². The Morgan fingerprint density at radius 2 is 1.84 bits per heavy atom. The molecule has 1 heterocycles. The number of carbonyl (C=O) groups is 2. The molecule has 194 valence electrons. The highest BCUT2D eigenvalue weighted by molar-refractivity contribution is 6.42. The lowest BCUT2D eigenvalue weighted by Gasteiger charge is -2.10. The molecule has 0 spiro atoms. The van der Waals surface area contributed by atoms with E-state index in [1.54, 1.807) is 60.7 Å². The lowest BCUT2D eigenvalue weighted by atomic mass is 10.1. The molecule has 2 amide bonds. The number of nitrogens with one attached hydrogen (secondary N) is 2. The summed E-state index contributed by atoms with van der Waals surface area (Å²) in [4.78, 5) is 25.9. The number of methoxy groups -OCH3 is 1. The summed E-state index contributed by atoms with van der Waals surface area (Å²) in [6.45, 7) is 0.241. The van der Waals surface area contributed by atoms with Crippen molar-refractivity contribution in [2.75, 3.05) is 12.4 Å². The van der Waals surface area contributed by atoms with Crippen LogP contribution < -0.4 is 15.4 Å². The highest BCUT2D eigenvalue weighted by Gasteiger charge is 2.31. The number of phenolic OH excluding ortho intramolecular Hbond substituents is 1. The second-order valence-electron chi connectivity index (χ2n) is 8.93. The van der Waals surface area contributed by atoms with E-state index >= 15 is 0 Å². The van der Waals surface area contributed by atoms with Crippen LogP contribution in [0.3, 0.4) is 0 Å². The largest absolute Gasteiger partial charge is 0.507 e. The number of rotatable bonds is 7. The maximum absolute atomic E-state index is 13.1. The van der Waals surface area contributed by atoms with Crippen molar-refractivity contribution in [1.82, 2.24) is 15.1 Å². The van der Waals surface area contributed by atoms with Crippen LogP contribution in [0.25, 0.3) is 11.3 Å². The Kier molecular flexibility index (Phi) is 7.26. The first-order valence-corrected chi connectivity index (χ1v) is 12.7. The summed E-state index contributed by atoms with van der Waals surface area (Å²) in [5.74, 6) is 0.278. The summed E-state index contributed by atoms with van der Waals surface area (Å²) in [5, 5.41) is 21.7. The van der Waals surface area contributed by atoms with E-state index in [9.17, 15) is 14.7 Å². The molecule has 1 saturated carbocycles. The number of nitrogens with zero attached hydrogens (tertiary/aromatic N) is 2. The van der Waals surface area contributed by atoms with Crippen LogP contribution >= 0.6 is 23.2 Å². The standard InChI is InChI=1S/C28H24Cl2N4O4/c1-38-26-5-3-2-4-19(26)27(36)32-18-9-11-25(35)20(13-18)23-14-24(17-7-8-17)34(33-23)28(37)31-15-16-6-10-21(29)22(30)12-16/h2-6,9-14,17,35H,7-8,15H2,1H3,(H,31,37)(H,32,36). The third kappa shape index (κ3) is 5.46. The number of benzene rings is 3. The highest BCUT2D eigenvalue weighted by Crippen LogP contribution is 2.42. The van der Waals surface area contributed by atoms with E-state index in [2.05, 4.69) is 15.7 Å². The zero-order valence-electron chi connectivity index (χ0n) is 20.4. The predicted octanol–water partition coefficient (Wildman–Crippen LogP) is 6.46. The summed E-state index contributed by atoms with van der Waals surface area (Å²) in [6.07, 6.45) is 1.90. The Balaban J connectivity index is 1.38. The van der Waals surface area contributed by atoms with Crippen molar-refractivity contribution in [3.8, 4) is 22.8 Å². The Morgan fingerprint density at radius 3 is 2.58 bits per heavy atom. The zero-order chi connectivity index (χ0) is 26.8. The molecule has 1 aliphatic rings. The normalized spacial score (nSPS) is 12.7. The maximum atomic E-state index is 13.1. The van der Waals surface area contributed by atoms with Crippen LogP contribution in [0.4, 0.5) is 10.5 Å². The van der Waals surface area contributed by atoms with E-state index in [1.165, 1.54) is 17.9 Å². The number of ether oxygens (including phenoxy) is 1. The van der Waals surface area contributed by atoms with Gasteiger partial charge in [0.1, 0.15) is 11.5 Å². The van der Waals surface area contributed by atoms with Gasteiger partial charge in [-0.05, 0) is 66.9 Å². The molecule has 0 unspecified atom stereocenters. The second kappa shape index (κ2) is 10.8. The smallest absolute Gasteiger partial charge is 0.342 e. The molecule has 38 heavy (non-hydrogen) atoms. The minimum atomic E-state index is -0.399. The molecule has 0 bridgehead atoms. The molecule has 8 nitrogen and oxygen atoms in total. The van der Waals surface area contributed by atoms with Gasteiger partial charge in [0.05, 0.1) is 34.1 Å². The maximum Gasteiger partial charge on any atom is 0.342 e. The number of phenols is 1. The number of anilines is 1. The highest BCUT2D eigenvalue weighted by atomic mass is 35.5. The number of hydrogen-bond donors (Lipinski definition) is 3. The van der Waals surface area contributed by atoms with Crippen molar-refractivity contribution in [2.45, 2.75) is 25.3 Å². The molecule has 0 aliphatic heterocycles. The van der Waals surface area contributed by atoms with Crippen LogP contribution in [-0.2, 0) is 6.54 Å². The molecule has 1 aliphatic carbocycles. The van der Waals surface area contributed by atoms with E-state index < -0.39 is 6.03 Å². The molecule has 0 radical (unpaired) electrons. The molecule has 10 heteroatoms. The van der Waals surface area contributed by atoms with Gasteiger partial charge in [0.15, 0.2) is 0 Å². The van der Waals surface area contributed by atoms with Crippen molar-refractivity contribution in [2.24, 2.45) is 0 Å². The SMILES string of the molecule is COc1ccccc1C(=O)Nc1ccc(O)c(-c2cc(C3CC3)n(C(=O)NCc3ccc(Cl)c(Cl)c3)n2)c1. The van der Waals surface area contributed by atoms with Crippen molar-refractivity contribution in [1.29, 1.82) is 0 Å². The molecule has 4 aromatic rings. The first-order chi connectivity index (χ1) is 18.3. The van der Waals surface area contributed by atoms with Gasteiger partial charge in [0.2, 0.25) is 0 Å². The van der Waals surface area contributed by atoms with Crippen molar-refractivity contribution in [3.05, 3.63) is 93.6 Å². The van der Waals surface area contributed by atoms with Gasteiger partial charge in [-0.2, -0.15) is 9.78 Å². The van der Waals surface area contributed by atoms with Crippen molar-refractivity contribution < 1.29 is 19.4 Å². The van der Waals surface area contributed by atoms with Gasteiger partial charge < -0.3 is 20.5 Å². The van der Waals surface area contributed by atoms with Crippen LogP contribution in [0.15, 0.2) is 66.7 Å². The Bertz CT molecular complexity index is 1530. The molecule has 3 N–H and O–H groups in total. The average Bonchev–Trinajstić information content (AvgIpc) is 3.68. The Labute approximate surface area is 229 Å². The summed E-state index contributed by atoms with van der Waals surface area (Å²) in [7, 11) is 1.50. The fourth-order valence-corrected chi connectivity index (χ4v) is 4.43. The Hall–Kier alpha value is -4.01. The number of carbonyl (C=O) groups excluding carboxylic acids is 2. The molecular weight excluding hydrogens is 527 g/mol. The van der Waals surface area contributed by atoms with E-state index in [0.717, 1.165) is 24.1 Å². The summed E-state index contributed by atoms with van der Waals surface area (Å²) in [5.41, 5.74) is 3.20. The molecule has 1 aromatic heterocycles. The van der Waals surface area contributed by atoms with Gasteiger partial charge in [-0.1, -0.05) is 41.4 Å². The number of aromatic hydroxyl groups is 1. The van der Waals surface area contributed by atoms with Gasteiger partial charge in [0, 0.05) is 23.7 Å². The lowest BCUT2D eigenvalue weighted by molar-refractivity contribution is 0.102. The fourth-order valence-electron chi connectivity index (χ4n) is 4.11. The fraction of sp³-hybridized carbons (Fsp3) is 0.179. The molecule has 0 atom stereocenters. The van der Waals surface area contributed by atoms with Gasteiger partial charge in [-0.25, -0.2) is 4.79 Å². The Morgan fingerprint density at radius 1 is 1.05 bits per heavy atom. The van der Waals surface area contributed by atoms with Gasteiger partial charge in [-0.3, -0.25) is 4.79 Å². The van der Waals surface area contributed by atoms with Crippen LogP contribution in [0.2, 0.25) is 10.0 Å². The van der Waals surface area contributed by atoms with Crippen molar-refractivity contribution >= 4 is 40.8 Å². The zero-order valence-corrected chi connectivity index (χ0v) is 21.9. The lowest BCUT2D eigenvalue weighted by Crippen LogP contribution is -2.30. The van der Waals surface area contributed by atoms with E-state index in [4.69, 9.17) is 27.9 Å². The third-order valence-electron chi connectivity index (χ3n) is 6.23. The van der Waals surface area contributed by atoms with E-state index in [0.29, 0.717) is 38.3 Å². The van der Waals surface area contributed by atoms with Crippen LogP contribution in [-0.4, -0.2) is 33.9 Å². The minimum absolute atomic E-state index is 0.0245. The second-order valence-corrected chi connectivity index (χ2v) is 9.75. The number of amides is 2. The van der Waals surface area contributed by atoms with Crippen LogP contribution in [0, 0.1) is 0 Å². The summed E-state index contributed by atoms with van der Waals surface area (Å²) in [6, 6.07) is 18.2. The average molecular weight is 551 g/mol. The number of hydrogen-bond acceptors (Lipinski definition) is 5. The minimum Gasteiger partial charge on any atom is -0.507 e. The molecular formula is C28H24Cl2N4O4. The van der Waals surface area contributed by atoms with E-state index in [1.807, 2.05) is 0 Å². The van der Waals surface area contributed by atoms with Crippen LogP contribution in [0.5, 0.6) is 11.5 Å². The summed E-state index contributed by atoms with van der Waals surface area (Å²) < 4.78 is 6.62. The summed E-state index contributed by atoms with van der Waals surface area (Å²) >= 11 is 12.1. The van der Waals surface area contributed by atoms with E-state index in [-0.39, 0.29) is 24.1 Å². The molecule has 0 saturated heterocycles. The monoisotopic (exact) mass is 550 g/mol. The first kappa shape index (κ1) is 25.6. The van der Waals surface area contributed by atoms with Crippen LogP contribution in [0.1, 0.15) is 40.4 Å². The molecule has 5 rings (SSSR count). The predicted molar refractivity (Wildman–Crippen MR) is 146 cm³/mol. The third-order valence-corrected chi connectivity index (χ3v) is 6.97. The quantitative estimate of drug-likeness (QED) is 0.229. The number of halogens is 2. The topological polar surface area (TPSA) is 105 Å².